The number of benzene rings is 1. The SMILES string of the molecule is Cc1ccc(Nc2ccc(N3CCN(C(=O)c4ccccc4C(F)(F)F)CC3)nn2)nc1. The highest BCUT2D eigenvalue weighted by atomic mass is 19.4. The van der Waals surface area contributed by atoms with Crippen LogP contribution < -0.4 is 10.2 Å². The fourth-order valence-corrected chi connectivity index (χ4v) is 3.46. The first-order valence-electron chi connectivity index (χ1n) is 10.0. The van der Waals surface area contributed by atoms with Gasteiger partial charge in [0.25, 0.3) is 5.91 Å². The number of rotatable bonds is 4. The van der Waals surface area contributed by atoms with Gasteiger partial charge in [0.05, 0.1) is 11.1 Å². The molecular formula is C22H21F3N6O. The molecule has 2 aromatic heterocycles. The molecule has 0 spiro atoms. The topological polar surface area (TPSA) is 74.2 Å². The average Bonchev–Trinajstić information content (AvgIpc) is 2.80. The molecule has 0 bridgehead atoms. The van der Waals surface area contributed by atoms with E-state index in [0.29, 0.717) is 43.6 Å². The molecular weight excluding hydrogens is 421 g/mol. The van der Waals surface area contributed by atoms with Gasteiger partial charge in [0.1, 0.15) is 5.82 Å². The summed E-state index contributed by atoms with van der Waals surface area (Å²) in [5.74, 6) is 1.22. The Hall–Kier alpha value is -3.69. The lowest BCUT2D eigenvalue weighted by Crippen LogP contribution is -2.49. The number of amides is 1. The van der Waals surface area contributed by atoms with Gasteiger partial charge in [-0.2, -0.15) is 13.2 Å². The zero-order valence-corrected chi connectivity index (χ0v) is 17.3. The Labute approximate surface area is 182 Å². The molecule has 0 aliphatic carbocycles. The minimum Gasteiger partial charge on any atom is -0.352 e. The molecule has 0 saturated carbocycles. The van der Waals surface area contributed by atoms with E-state index in [4.69, 9.17) is 0 Å². The number of halogens is 3. The van der Waals surface area contributed by atoms with Crippen molar-refractivity contribution in [1.29, 1.82) is 0 Å². The third-order valence-electron chi connectivity index (χ3n) is 5.17. The minimum absolute atomic E-state index is 0.292. The molecule has 3 aromatic rings. The number of carbonyl (C=O) groups excluding carboxylic acids is 1. The standard InChI is InChI=1S/C22H21F3N6O/c1-15-6-7-18(26-14-15)27-19-8-9-20(29-28-19)30-10-12-31(13-11-30)21(32)16-4-2-3-5-17(16)22(23,24)25/h2-9,14H,10-13H2,1H3,(H,26,27,28). The Kier molecular flexibility index (Phi) is 5.93. The van der Waals surface area contributed by atoms with Crippen LogP contribution in [0.15, 0.2) is 54.7 Å². The molecule has 1 aliphatic rings. The zero-order valence-electron chi connectivity index (χ0n) is 17.3. The van der Waals surface area contributed by atoms with Crippen molar-refractivity contribution in [1.82, 2.24) is 20.1 Å². The molecule has 7 nitrogen and oxygen atoms in total. The molecule has 4 rings (SSSR count). The van der Waals surface area contributed by atoms with Gasteiger partial charge in [-0.1, -0.05) is 18.2 Å². The van der Waals surface area contributed by atoms with E-state index in [1.165, 1.54) is 23.1 Å². The van der Waals surface area contributed by atoms with Gasteiger partial charge in [0.15, 0.2) is 11.6 Å². The van der Waals surface area contributed by atoms with E-state index >= 15 is 0 Å². The van der Waals surface area contributed by atoms with Gasteiger partial charge in [0.2, 0.25) is 0 Å². The third kappa shape index (κ3) is 4.79. The highest BCUT2D eigenvalue weighted by Crippen LogP contribution is 2.32. The Bertz CT molecular complexity index is 1080. The lowest BCUT2D eigenvalue weighted by molar-refractivity contribution is -0.138. The summed E-state index contributed by atoms with van der Waals surface area (Å²) >= 11 is 0. The van der Waals surface area contributed by atoms with E-state index in [2.05, 4.69) is 20.5 Å². The summed E-state index contributed by atoms with van der Waals surface area (Å²) in [6.45, 7) is 3.43. The number of piperazine rings is 1. The van der Waals surface area contributed by atoms with Crippen LogP contribution in [-0.4, -0.2) is 52.2 Å². The van der Waals surface area contributed by atoms with Crippen molar-refractivity contribution in [3.05, 3.63) is 71.4 Å². The lowest BCUT2D eigenvalue weighted by atomic mass is 10.1. The molecule has 1 saturated heterocycles. The molecule has 1 fully saturated rings. The van der Waals surface area contributed by atoms with E-state index in [9.17, 15) is 18.0 Å². The molecule has 32 heavy (non-hydrogen) atoms. The maximum Gasteiger partial charge on any atom is 0.417 e. The number of alkyl halides is 3. The number of aryl methyl sites for hydroxylation is 1. The maximum absolute atomic E-state index is 13.2. The van der Waals surface area contributed by atoms with Crippen molar-refractivity contribution in [3.63, 3.8) is 0 Å². The Morgan fingerprint density at radius 2 is 1.66 bits per heavy atom. The van der Waals surface area contributed by atoms with E-state index in [-0.39, 0.29) is 5.56 Å². The Balaban J connectivity index is 1.38. The van der Waals surface area contributed by atoms with Crippen molar-refractivity contribution in [2.24, 2.45) is 0 Å². The van der Waals surface area contributed by atoms with E-state index < -0.39 is 17.6 Å². The van der Waals surface area contributed by atoms with Crippen LogP contribution in [0.3, 0.4) is 0 Å². The minimum atomic E-state index is -4.58. The number of hydrogen-bond acceptors (Lipinski definition) is 6. The third-order valence-corrected chi connectivity index (χ3v) is 5.17. The molecule has 1 aliphatic heterocycles. The summed E-state index contributed by atoms with van der Waals surface area (Å²) in [7, 11) is 0. The van der Waals surface area contributed by atoms with Gasteiger partial charge in [-0.3, -0.25) is 4.79 Å². The number of hydrogen-bond donors (Lipinski definition) is 1. The maximum atomic E-state index is 13.2. The first-order chi connectivity index (χ1) is 15.3. The molecule has 3 heterocycles. The molecule has 0 atom stereocenters. The molecule has 0 unspecified atom stereocenters. The van der Waals surface area contributed by atoms with Crippen LogP contribution in [0.5, 0.6) is 0 Å². The molecule has 1 amide bonds. The van der Waals surface area contributed by atoms with Crippen LogP contribution >= 0.6 is 0 Å². The van der Waals surface area contributed by atoms with Crippen molar-refractivity contribution in [2.45, 2.75) is 13.1 Å². The van der Waals surface area contributed by atoms with Crippen LogP contribution in [0.2, 0.25) is 0 Å². The van der Waals surface area contributed by atoms with Gasteiger partial charge in [0, 0.05) is 32.4 Å². The first kappa shape index (κ1) is 21.5. The largest absolute Gasteiger partial charge is 0.417 e. The van der Waals surface area contributed by atoms with Gasteiger partial charge in [-0.05, 0) is 42.8 Å². The summed E-state index contributed by atoms with van der Waals surface area (Å²) in [5, 5.41) is 11.5. The van der Waals surface area contributed by atoms with Crippen molar-refractivity contribution < 1.29 is 18.0 Å². The van der Waals surface area contributed by atoms with Crippen molar-refractivity contribution in [3.8, 4) is 0 Å². The van der Waals surface area contributed by atoms with Crippen LogP contribution in [-0.2, 0) is 6.18 Å². The second-order valence-corrected chi connectivity index (χ2v) is 7.45. The fourth-order valence-electron chi connectivity index (χ4n) is 3.46. The normalized spacial score (nSPS) is 14.4. The van der Waals surface area contributed by atoms with Gasteiger partial charge >= 0.3 is 6.18 Å². The summed E-state index contributed by atoms with van der Waals surface area (Å²) in [4.78, 5) is 20.4. The number of carbonyl (C=O) groups is 1. The van der Waals surface area contributed by atoms with Crippen LogP contribution in [0, 0.1) is 6.92 Å². The predicted octanol–water partition coefficient (Wildman–Crippen LogP) is 3.90. The zero-order chi connectivity index (χ0) is 22.7. The highest BCUT2D eigenvalue weighted by Gasteiger charge is 2.36. The highest BCUT2D eigenvalue weighted by molar-refractivity contribution is 5.96. The van der Waals surface area contributed by atoms with Crippen molar-refractivity contribution >= 4 is 23.4 Å². The lowest BCUT2D eigenvalue weighted by Gasteiger charge is -2.35. The molecule has 1 aromatic carbocycles. The van der Waals surface area contributed by atoms with Gasteiger partial charge in [-0.25, -0.2) is 4.98 Å². The summed E-state index contributed by atoms with van der Waals surface area (Å²) in [6.07, 6.45) is -2.83. The first-order valence-corrected chi connectivity index (χ1v) is 10.0. The number of nitrogens with one attached hydrogen (secondary N) is 1. The fraction of sp³-hybridized carbons (Fsp3) is 0.273. The van der Waals surface area contributed by atoms with Gasteiger partial charge < -0.3 is 15.1 Å². The summed E-state index contributed by atoms with van der Waals surface area (Å²) in [5.41, 5.74) is -0.186. The molecule has 10 heteroatoms. The summed E-state index contributed by atoms with van der Waals surface area (Å²) < 4.78 is 39.7. The predicted molar refractivity (Wildman–Crippen MR) is 114 cm³/mol. The molecule has 1 N–H and O–H groups in total. The second kappa shape index (κ2) is 8.81. The van der Waals surface area contributed by atoms with E-state index in [1.54, 1.807) is 18.3 Å². The second-order valence-electron chi connectivity index (χ2n) is 7.45. The number of aromatic nitrogens is 3. The van der Waals surface area contributed by atoms with Crippen LogP contribution in [0.1, 0.15) is 21.5 Å². The average molecular weight is 442 g/mol. The Morgan fingerprint density at radius 1 is 0.938 bits per heavy atom. The monoisotopic (exact) mass is 442 g/mol. The van der Waals surface area contributed by atoms with Gasteiger partial charge in [-0.15, -0.1) is 10.2 Å². The number of nitrogens with zero attached hydrogens (tertiary/aromatic N) is 5. The number of anilines is 3. The van der Waals surface area contributed by atoms with Crippen LogP contribution in [0.4, 0.5) is 30.6 Å². The van der Waals surface area contributed by atoms with Crippen molar-refractivity contribution in [2.75, 3.05) is 36.4 Å². The Morgan fingerprint density at radius 3 is 2.28 bits per heavy atom. The molecule has 0 radical (unpaired) electrons. The quantitative estimate of drug-likeness (QED) is 0.661. The van der Waals surface area contributed by atoms with E-state index in [0.717, 1.165) is 11.6 Å². The smallest absolute Gasteiger partial charge is 0.352 e. The molecule has 166 valence electrons. The number of pyridine rings is 1. The van der Waals surface area contributed by atoms with E-state index in [1.807, 2.05) is 24.0 Å². The summed E-state index contributed by atoms with van der Waals surface area (Å²) in [6, 6.07) is 12.2. The van der Waals surface area contributed by atoms with Crippen LogP contribution in [0.25, 0.3) is 0 Å².